The molecule has 1 amide bonds. The summed E-state index contributed by atoms with van der Waals surface area (Å²) in [5.74, 6) is 0.707. The third kappa shape index (κ3) is 3.41. The van der Waals surface area contributed by atoms with E-state index in [-0.39, 0.29) is 6.09 Å². The molecule has 19 heavy (non-hydrogen) atoms. The van der Waals surface area contributed by atoms with Crippen molar-refractivity contribution in [2.24, 2.45) is 5.92 Å². The number of carbonyl (C=O) groups is 1. The Morgan fingerprint density at radius 2 is 1.89 bits per heavy atom. The van der Waals surface area contributed by atoms with Gasteiger partial charge in [0.05, 0.1) is 0 Å². The molecule has 2 aliphatic rings. The third-order valence-electron chi connectivity index (χ3n) is 4.17. The predicted molar refractivity (Wildman–Crippen MR) is 76.2 cm³/mol. The van der Waals surface area contributed by atoms with Crippen LogP contribution in [-0.4, -0.2) is 53.2 Å². The van der Waals surface area contributed by atoms with Gasteiger partial charge in [0.1, 0.15) is 5.60 Å². The zero-order valence-electron chi connectivity index (χ0n) is 13.0. The van der Waals surface area contributed by atoms with E-state index in [4.69, 9.17) is 4.74 Å². The van der Waals surface area contributed by atoms with Crippen molar-refractivity contribution in [2.45, 2.75) is 65.1 Å². The quantitative estimate of drug-likeness (QED) is 0.733. The minimum absolute atomic E-state index is 0.153. The van der Waals surface area contributed by atoms with E-state index in [0.717, 1.165) is 19.6 Å². The Balaban J connectivity index is 1.92. The normalized spacial score (nSPS) is 28.6. The molecule has 4 nitrogen and oxygen atoms in total. The van der Waals surface area contributed by atoms with Crippen molar-refractivity contribution >= 4 is 6.09 Å². The summed E-state index contributed by atoms with van der Waals surface area (Å²) >= 11 is 0. The van der Waals surface area contributed by atoms with E-state index in [2.05, 4.69) is 18.7 Å². The maximum atomic E-state index is 12.1. The van der Waals surface area contributed by atoms with Crippen LogP contribution in [0.15, 0.2) is 0 Å². The highest BCUT2D eigenvalue weighted by Gasteiger charge is 2.40. The molecule has 2 atom stereocenters. The van der Waals surface area contributed by atoms with Gasteiger partial charge in [0.2, 0.25) is 0 Å². The molecule has 0 saturated carbocycles. The van der Waals surface area contributed by atoms with E-state index < -0.39 is 5.60 Å². The Bertz CT molecular complexity index is 336. The minimum atomic E-state index is -0.398. The summed E-state index contributed by atoms with van der Waals surface area (Å²) in [6, 6.07) is 1.24. The van der Waals surface area contributed by atoms with Gasteiger partial charge in [-0.2, -0.15) is 0 Å². The van der Waals surface area contributed by atoms with Crippen LogP contribution in [0.5, 0.6) is 0 Å². The molecule has 2 heterocycles. The molecular weight excluding hydrogens is 240 g/mol. The standard InChI is InChI=1S/C15H28N2O2/c1-11(2)13-7-6-12-10-16(8-9-17(12)13)14(18)19-15(3,4)5/h11-13H,6-10H2,1-5H3/t12-,13+/m0/s1. The molecule has 0 unspecified atom stereocenters. The van der Waals surface area contributed by atoms with Gasteiger partial charge in [0, 0.05) is 31.7 Å². The van der Waals surface area contributed by atoms with Crippen LogP contribution in [0.4, 0.5) is 4.79 Å². The van der Waals surface area contributed by atoms with Crippen LogP contribution in [0.3, 0.4) is 0 Å². The summed E-state index contributed by atoms with van der Waals surface area (Å²) in [6.07, 6.45) is 2.33. The van der Waals surface area contributed by atoms with Gasteiger partial charge in [0.25, 0.3) is 0 Å². The molecule has 2 fully saturated rings. The SMILES string of the molecule is CC(C)[C@H]1CC[C@H]2CN(C(=O)OC(C)(C)C)CCN21. The Morgan fingerprint density at radius 1 is 1.21 bits per heavy atom. The molecule has 0 aliphatic carbocycles. The van der Waals surface area contributed by atoms with Gasteiger partial charge < -0.3 is 9.64 Å². The summed E-state index contributed by atoms with van der Waals surface area (Å²) in [5, 5.41) is 0. The monoisotopic (exact) mass is 268 g/mol. The zero-order chi connectivity index (χ0) is 14.2. The number of piperazine rings is 1. The van der Waals surface area contributed by atoms with Gasteiger partial charge in [-0.15, -0.1) is 0 Å². The fraction of sp³-hybridized carbons (Fsp3) is 0.933. The van der Waals surface area contributed by atoms with Crippen molar-refractivity contribution in [1.29, 1.82) is 0 Å². The zero-order valence-corrected chi connectivity index (χ0v) is 13.0. The topological polar surface area (TPSA) is 32.8 Å². The van der Waals surface area contributed by atoms with Crippen LogP contribution >= 0.6 is 0 Å². The van der Waals surface area contributed by atoms with Gasteiger partial charge in [-0.05, 0) is 39.5 Å². The Kier molecular flexibility index (Phi) is 4.09. The minimum Gasteiger partial charge on any atom is -0.444 e. The molecule has 110 valence electrons. The van der Waals surface area contributed by atoms with Crippen LogP contribution in [0, 0.1) is 5.92 Å². The van der Waals surface area contributed by atoms with Crippen molar-refractivity contribution < 1.29 is 9.53 Å². The van der Waals surface area contributed by atoms with Crippen LogP contribution in [0.2, 0.25) is 0 Å². The first-order valence-corrected chi connectivity index (χ1v) is 7.51. The first kappa shape index (κ1) is 14.6. The molecule has 0 N–H and O–H groups in total. The smallest absolute Gasteiger partial charge is 0.410 e. The van der Waals surface area contributed by atoms with E-state index in [9.17, 15) is 4.79 Å². The van der Waals surface area contributed by atoms with Crippen molar-refractivity contribution in [3.05, 3.63) is 0 Å². The molecule has 0 radical (unpaired) electrons. The molecule has 0 aromatic rings. The molecule has 0 aromatic carbocycles. The summed E-state index contributed by atoms with van der Waals surface area (Å²) < 4.78 is 5.47. The van der Waals surface area contributed by atoms with Crippen molar-refractivity contribution in [1.82, 2.24) is 9.80 Å². The third-order valence-corrected chi connectivity index (χ3v) is 4.17. The number of carbonyl (C=O) groups excluding carboxylic acids is 1. The number of amides is 1. The largest absolute Gasteiger partial charge is 0.444 e. The molecule has 2 rings (SSSR count). The van der Waals surface area contributed by atoms with Gasteiger partial charge in [-0.3, -0.25) is 4.90 Å². The van der Waals surface area contributed by atoms with Crippen LogP contribution in [0.25, 0.3) is 0 Å². The number of hydrogen-bond donors (Lipinski definition) is 0. The lowest BCUT2D eigenvalue weighted by molar-refractivity contribution is 0.00272. The highest BCUT2D eigenvalue weighted by atomic mass is 16.6. The van der Waals surface area contributed by atoms with E-state index in [0.29, 0.717) is 18.0 Å². The van der Waals surface area contributed by atoms with Crippen molar-refractivity contribution in [3.8, 4) is 0 Å². The number of nitrogens with zero attached hydrogens (tertiary/aromatic N) is 2. The Hall–Kier alpha value is -0.770. The average molecular weight is 268 g/mol. The summed E-state index contributed by atoms with van der Waals surface area (Å²) in [4.78, 5) is 16.6. The second-order valence-electron chi connectivity index (χ2n) is 7.21. The first-order valence-electron chi connectivity index (χ1n) is 7.51. The van der Waals surface area contributed by atoms with Crippen LogP contribution in [0.1, 0.15) is 47.5 Å². The molecule has 0 spiro atoms. The average Bonchev–Trinajstić information content (AvgIpc) is 2.68. The lowest BCUT2D eigenvalue weighted by atomic mass is 10.0. The van der Waals surface area contributed by atoms with E-state index >= 15 is 0 Å². The lowest BCUT2D eigenvalue weighted by Gasteiger charge is -2.41. The fourth-order valence-corrected chi connectivity index (χ4v) is 3.30. The number of fused-ring (bicyclic) bond motifs is 1. The fourth-order valence-electron chi connectivity index (χ4n) is 3.30. The predicted octanol–water partition coefficient (Wildman–Crippen LogP) is 2.73. The van der Waals surface area contributed by atoms with E-state index in [1.165, 1.54) is 12.8 Å². The molecule has 2 aliphatic heterocycles. The molecule has 0 bridgehead atoms. The van der Waals surface area contributed by atoms with Crippen molar-refractivity contribution in [3.63, 3.8) is 0 Å². The summed E-state index contributed by atoms with van der Waals surface area (Å²) in [6.45, 7) is 13.0. The molecule has 2 saturated heterocycles. The molecule has 0 aromatic heterocycles. The summed E-state index contributed by atoms with van der Waals surface area (Å²) in [7, 11) is 0. The van der Waals surface area contributed by atoms with E-state index in [1.807, 2.05) is 25.7 Å². The highest BCUT2D eigenvalue weighted by molar-refractivity contribution is 5.68. The number of ether oxygens (including phenoxy) is 1. The Labute approximate surface area is 117 Å². The maximum absolute atomic E-state index is 12.1. The maximum Gasteiger partial charge on any atom is 0.410 e. The van der Waals surface area contributed by atoms with Gasteiger partial charge in [-0.25, -0.2) is 4.79 Å². The number of hydrogen-bond acceptors (Lipinski definition) is 3. The lowest BCUT2D eigenvalue weighted by Crippen LogP contribution is -2.55. The summed E-state index contributed by atoms with van der Waals surface area (Å²) in [5.41, 5.74) is -0.398. The van der Waals surface area contributed by atoms with Crippen LogP contribution < -0.4 is 0 Å². The van der Waals surface area contributed by atoms with Gasteiger partial charge in [0.15, 0.2) is 0 Å². The second-order valence-corrected chi connectivity index (χ2v) is 7.21. The molecule has 4 heteroatoms. The second kappa shape index (κ2) is 5.31. The first-order chi connectivity index (χ1) is 8.78. The van der Waals surface area contributed by atoms with Gasteiger partial charge in [-0.1, -0.05) is 13.8 Å². The highest BCUT2D eigenvalue weighted by Crippen LogP contribution is 2.31. The Morgan fingerprint density at radius 3 is 2.47 bits per heavy atom. The number of rotatable bonds is 1. The van der Waals surface area contributed by atoms with Crippen LogP contribution in [-0.2, 0) is 4.74 Å². The van der Waals surface area contributed by atoms with E-state index in [1.54, 1.807) is 0 Å². The van der Waals surface area contributed by atoms with Crippen molar-refractivity contribution in [2.75, 3.05) is 19.6 Å². The van der Waals surface area contributed by atoms with Gasteiger partial charge >= 0.3 is 6.09 Å². The molecular formula is C15H28N2O2.